The highest BCUT2D eigenvalue weighted by Gasteiger charge is 2.19. The van der Waals surface area contributed by atoms with E-state index in [1.807, 2.05) is 38.1 Å². The zero-order valence-electron chi connectivity index (χ0n) is 14.5. The number of para-hydroxylation sites is 1. The first kappa shape index (κ1) is 17.7. The molecule has 2 aromatic rings. The highest BCUT2D eigenvalue weighted by atomic mass is 16.5. The van der Waals surface area contributed by atoms with Crippen molar-refractivity contribution in [2.45, 2.75) is 26.4 Å². The fourth-order valence-corrected chi connectivity index (χ4v) is 2.30. The van der Waals surface area contributed by atoms with Crippen LogP contribution in [0.5, 0.6) is 17.2 Å². The third kappa shape index (κ3) is 4.19. The molecular formula is C19H23NO4. The Morgan fingerprint density at radius 2 is 1.75 bits per heavy atom. The SMILES string of the molecule is CC[C@@H](Oc1ccccc1C)C(=O)Nc1ccc(OC)c(OC)c1. The van der Waals surface area contributed by atoms with E-state index in [0.717, 1.165) is 5.56 Å². The smallest absolute Gasteiger partial charge is 0.265 e. The summed E-state index contributed by atoms with van der Waals surface area (Å²) in [6.07, 6.45) is -0.00723. The summed E-state index contributed by atoms with van der Waals surface area (Å²) in [5.74, 6) is 1.68. The minimum Gasteiger partial charge on any atom is -0.493 e. The molecule has 5 heteroatoms. The molecule has 0 bridgehead atoms. The number of benzene rings is 2. The monoisotopic (exact) mass is 329 g/mol. The van der Waals surface area contributed by atoms with Crippen LogP contribution in [0.4, 0.5) is 5.69 Å². The minimum absolute atomic E-state index is 0.201. The van der Waals surface area contributed by atoms with E-state index in [1.165, 1.54) is 0 Å². The maximum atomic E-state index is 12.5. The molecule has 2 rings (SSSR count). The highest BCUT2D eigenvalue weighted by Crippen LogP contribution is 2.30. The van der Waals surface area contributed by atoms with Gasteiger partial charge < -0.3 is 19.5 Å². The van der Waals surface area contributed by atoms with Crippen LogP contribution >= 0.6 is 0 Å². The van der Waals surface area contributed by atoms with E-state index >= 15 is 0 Å². The summed E-state index contributed by atoms with van der Waals surface area (Å²) >= 11 is 0. The normalized spacial score (nSPS) is 11.5. The maximum absolute atomic E-state index is 12.5. The lowest BCUT2D eigenvalue weighted by molar-refractivity contribution is -0.122. The fourth-order valence-electron chi connectivity index (χ4n) is 2.30. The van der Waals surface area contributed by atoms with Crippen molar-refractivity contribution in [1.29, 1.82) is 0 Å². The van der Waals surface area contributed by atoms with E-state index in [4.69, 9.17) is 14.2 Å². The van der Waals surface area contributed by atoms with Crippen LogP contribution in [0.25, 0.3) is 0 Å². The van der Waals surface area contributed by atoms with Gasteiger partial charge in [0.05, 0.1) is 14.2 Å². The Morgan fingerprint density at radius 3 is 2.38 bits per heavy atom. The molecule has 0 aliphatic heterocycles. The van der Waals surface area contributed by atoms with Gasteiger partial charge in [-0.1, -0.05) is 25.1 Å². The molecule has 0 unspecified atom stereocenters. The van der Waals surface area contributed by atoms with Gasteiger partial charge in [-0.25, -0.2) is 0 Å². The largest absolute Gasteiger partial charge is 0.493 e. The van der Waals surface area contributed by atoms with Gasteiger partial charge in [0.2, 0.25) is 0 Å². The van der Waals surface area contributed by atoms with Crippen molar-refractivity contribution in [3.05, 3.63) is 48.0 Å². The quantitative estimate of drug-likeness (QED) is 0.839. The molecule has 2 aromatic carbocycles. The molecule has 0 aliphatic rings. The third-order valence-electron chi connectivity index (χ3n) is 3.68. The van der Waals surface area contributed by atoms with Gasteiger partial charge in [0.25, 0.3) is 5.91 Å². The first-order valence-electron chi connectivity index (χ1n) is 7.84. The molecule has 0 saturated carbocycles. The van der Waals surface area contributed by atoms with Gasteiger partial charge in [-0.15, -0.1) is 0 Å². The Kier molecular flexibility index (Phi) is 6.07. The maximum Gasteiger partial charge on any atom is 0.265 e. The summed E-state index contributed by atoms with van der Waals surface area (Å²) in [5, 5.41) is 2.86. The molecule has 0 radical (unpaired) electrons. The number of methoxy groups -OCH3 is 2. The van der Waals surface area contributed by atoms with Gasteiger partial charge >= 0.3 is 0 Å². The van der Waals surface area contributed by atoms with Gasteiger partial charge in [0.15, 0.2) is 17.6 Å². The van der Waals surface area contributed by atoms with Crippen LogP contribution in [0.15, 0.2) is 42.5 Å². The molecule has 0 spiro atoms. The molecule has 1 amide bonds. The second kappa shape index (κ2) is 8.24. The Morgan fingerprint density at radius 1 is 1.04 bits per heavy atom. The molecule has 1 atom stereocenters. The predicted octanol–water partition coefficient (Wildman–Crippen LogP) is 3.81. The standard InChI is InChI=1S/C19H23NO4/c1-5-15(24-16-9-7-6-8-13(16)2)19(21)20-14-10-11-17(22-3)18(12-14)23-4/h6-12,15H,5H2,1-4H3,(H,20,21)/t15-/m1/s1. The molecule has 0 fully saturated rings. The summed E-state index contributed by atoms with van der Waals surface area (Å²) < 4.78 is 16.3. The van der Waals surface area contributed by atoms with Crippen molar-refractivity contribution < 1.29 is 19.0 Å². The lowest BCUT2D eigenvalue weighted by atomic mass is 10.2. The Balaban J connectivity index is 2.11. The summed E-state index contributed by atoms with van der Waals surface area (Å²) in [5.41, 5.74) is 1.62. The molecule has 128 valence electrons. The van der Waals surface area contributed by atoms with E-state index in [2.05, 4.69) is 5.32 Å². The van der Waals surface area contributed by atoms with Gasteiger partial charge in [0, 0.05) is 11.8 Å². The molecule has 5 nitrogen and oxygen atoms in total. The molecule has 0 saturated heterocycles. The predicted molar refractivity (Wildman–Crippen MR) is 94.1 cm³/mol. The van der Waals surface area contributed by atoms with Crippen LogP contribution in [0.2, 0.25) is 0 Å². The first-order chi connectivity index (χ1) is 11.6. The number of hydrogen-bond donors (Lipinski definition) is 1. The van der Waals surface area contributed by atoms with Crippen LogP contribution < -0.4 is 19.5 Å². The lowest BCUT2D eigenvalue weighted by Gasteiger charge is -2.19. The number of carbonyl (C=O) groups is 1. The summed E-state index contributed by atoms with van der Waals surface area (Å²) in [7, 11) is 3.12. The van der Waals surface area contributed by atoms with Crippen LogP contribution in [-0.4, -0.2) is 26.2 Å². The number of aryl methyl sites for hydroxylation is 1. The van der Waals surface area contributed by atoms with Gasteiger partial charge in [-0.05, 0) is 37.1 Å². The molecule has 0 aromatic heterocycles. The highest BCUT2D eigenvalue weighted by molar-refractivity contribution is 5.94. The molecule has 0 aliphatic carbocycles. The number of rotatable bonds is 7. The second-order valence-electron chi connectivity index (χ2n) is 5.34. The van der Waals surface area contributed by atoms with Gasteiger partial charge in [-0.3, -0.25) is 4.79 Å². The molecular weight excluding hydrogens is 306 g/mol. The number of anilines is 1. The van der Waals surface area contributed by atoms with Crippen molar-refractivity contribution in [2.24, 2.45) is 0 Å². The van der Waals surface area contributed by atoms with Crippen molar-refractivity contribution in [1.82, 2.24) is 0 Å². The van der Waals surface area contributed by atoms with E-state index in [0.29, 0.717) is 29.4 Å². The third-order valence-corrected chi connectivity index (χ3v) is 3.68. The lowest BCUT2D eigenvalue weighted by Crippen LogP contribution is -2.32. The van der Waals surface area contributed by atoms with Crippen molar-refractivity contribution >= 4 is 11.6 Å². The van der Waals surface area contributed by atoms with Crippen LogP contribution in [0, 0.1) is 6.92 Å². The number of carbonyl (C=O) groups excluding carboxylic acids is 1. The Labute approximate surface area is 142 Å². The number of ether oxygens (including phenoxy) is 3. The summed E-state index contributed by atoms with van der Waals surface area (Å²) in [6.45, 7) is 3.87. The second-order valence-corrected chi connectivity index (χ2v) is 5.34. The van der Waals surface area contributed by atoms with E-state index in [1.54, 1.807) is 32.4 Å². The van der Waals surface area contributed by atoms with Crippen molar-refractivity contribution in [3.8, 4) is 17.2 Å². The van der Waals surface area contributed by atoms with Gasteiger partial charge in [0.1, 0.15) is 5.75 Å². The van der Waals surface area contributed by atoms with Crippen LogP contribution in [-0.2, 0) is 4.79 Å². The fraction of sp³-hybridized carbons (Fsp3) is 0.316. The number of nitrogens with one attached hydrogen (secondary N) is 1. The zero-order chi connectivity index (χ0) is 17.5. The van der Waals surface area contributed by atoms with E-state index in [-0.39, 0.29) is 5.91 Å². The summed E-state index contributed by atoms with van der Waals surface area (Å²) in [6, 6.07) is 12.9. The summed E-state index contributed by atoms with van der Waals surface area (Å²) in [4.78, 5) is 12.5. The topological polar surface area (TPSA) is 56.8 Å². The van der Waals surface area contributed by atoms with Crippen LogP contribution in [0.3, 0.4) is 0 Å². The first-order valence-corrected chi connectivity index (χ1v) is 7.84. The van der Waals surface area contributed by atoms with Crippen molar-refractivity contribution in [3.63, 3.8) is 0 Å². The van der Waals surface area contributed by atoms with Crippen molar-refractivity contribution in [2.75, 3.05) is 19.5 Å². The molecule has 24 heavy (non-hydrogen) atoms. The molecule has 1 N–H and O–H groups in total. The Bertz CT molecular complexity index is 700. The number of hydrogen-bond acceptors (Lipinski definition) is 4. The zero-order valence-corrected chi connectivity index (χ0v) is 14.5. The average Bonchev–Trinajstić information content (AvgIpc) is 2.60. The van der Waals surface area contributed by atoms with E-state index < -0.39 is 6.10 Å². The van der Waals surface area contributed by atoms with E-state index in [9.17, 15) is 4.79 Å². The van der Waals surface area contributed by atoms with Crippen LogP contribution in [0.1, 0.15) is 18.9 Å². The average molecular weight is 329 g/mol. The van der Waals surface area contributed by atoms with Gasteiger partial charge in [-0.2, -0.15) is 0 Å². The molecule has 0 heterocycles. The number of amides is 1. The minimum atomic E-state index is -0.570. The Hall–Kier alpha value is -2.69.